The summed E-state index contributed by atoms with van der Waals surface area (Å²) in [5, 5.41) is 7.59. The summed E-state index contributed by atoms with van der Waals surface area (Å²) in [6.07, 6.45) is 1.52. The molecule has 0 radical (unpaired) electrons. The van der Waals surface area contributed by atoms with Gasteiger partial charge in [-0.25, -0.2) is 17.9 Å². The van der Waals surface area contributed by atoms with E-state index in [1.165, 1.54) is 16.8 Å². The number of primary sulfonamides is 1. The van der Waals surface area contributed by atoms with Gasteiger partial charge in [0.1, 0.15) is 11.5 Å². The Kier molecular flexibility index (Phi) is 4.04. The van der Waals surface area contributed by atoms with Gasteiger partial charge in [-0.3, -0.25) is 4.79 Å². The minimum atomic E-state index is -4.00. The number of sulfonamides is 1. The molecule has 0 saturated carbocycles. The molecular weight excluding hydrogens is 321 g/mol. The van der Waals surface area contributed by atoms with Gasteiger partial charge in [0, 0.05) is 13.2 Å². The predicted molar refractivity (Wildman–Crippen MR) is 76.1 cm³/mol. The molecule has 1 aromatic carbocycles. The summed E-state index contributed by atoms with van der Waals surface area (Å²) >= 11 is 5.76. The molecule has 1 aromatic heterocycles. The number of rotatable bonds is 3. The van der Waals surface area contributed by atoms with Crippen LogP contribution in [0.4, 0.5) is 10.1 Å². The highest BCUT2D eigenvalue weighted by Crippen LogP contribution is 2.20. The lowest BCUT2D eigenvalue weighted by Crippen LogP contribution is -2.17. The molecule has 2 rings (SSSR count). The van der Waals surface area contributed by atoms with Gasteiger partial charge < -0.3 is 9.88 Å². The first kappa shape index (κ1) is 15.5. The molecule has 0 aliphatic heterocycles. The first-order valence-corrected chi connectivity index (χ1v) is 7.56. The van der Waals surface area contributed by atoms with E-state index in [0.717, 1.165) is 18.2 Å². The zero-order valence-electron chi connectivity index (χ0n) is 10.8. The molecule has 0 atom stereocenters. The molecule has 0 aliphatic carbocycles. The van der Waals surface area contributed by atoms with Crippen LogP contribution in [0.3, 0.4) is 0 Å². The number of hydrogen-bond acceptors (Lipinski definition) is 3. The Morgan fingerprint density at radius 2 is 2.05 bits per heavy atom. The Hall–Kier alpha value is -1.90. The van der Waals surface area contributed by atoms with E-state index >= 15 is 0 Å². The van der Waals surface area contributed by atoms with Crippen molar-refractivity contribution in [3.05, 3.63) is 47.0 Å². The maximum atomic E-state index is 13.8. The van der Waals surface area contributed by atoms with Crippen LogP contribution in [0, 0.1) is 5.82 Å². The van der Waals surface area contributed by atoms with Crippen molar-refractivity contribution >= 4 is 33.2 Å². The predicted octanol–water partition coefficient (Wildman–Crippen LogP) is 1.72. The zero-order chi connectivity index (χ0) is 15.8. The van der Waals surface area contributed by atoms with Crippen LogP contribution in [-0.2, 0) is 17.1 Å². The number of amides is 1. The maximum Gasteiger partial charge on any atom is 0.272 e. The number of carbonyl (C=O) groups excluding carboxylic acids is 1. The summed E-state index contributed by atoms with van der Waals surface area (Å²) in [5.74, 6) is -1.48. The second-order valence-corrected chi connectivity index (χ2v) is 6.29. The number of carbonyl (C=O) groups is 1. The lowest BCUT2D eigenvalue weighted by atomic mass is 10.3. The van der Waals surface area contributed by atoms with Crippen LogP contribution in [0.5, 0.6) is 0 Å². The average molecular weight is 332 g/mol. The van der Waals surface area contributed by atoms with Crippen molar-refractivity contribution in [1.29, 1.82) is 0 Å². The van der Waals surface area contributed by atoms with Gasteiger partial charge in [0.15, 0.2) is 0 Å². The van der Waals surface area contributed by atoms with E-state index in [2.05, 4.69) is 5.32 Å². The largest absolute Gasteiger partial charge is 0.345 e. The zero-order valence-corrected chi connectivity index (χ0v) is 12.4. The third-order valence-electron chi connectivity index (χ3n) is 2.72. The maximum absolute atomic E-state index is 13.8. The van der Waals surface area contributed by atoms with Crippen LogP contribution >= 0.6 is 11.6 Å². The number of benzene rings is 1. The van der Waals surface area contributed by atoms with Gasteiger partial charge in [0.05, 0.1) is 15.6 Å². The molecule has 9 heteroatoms. The van der Waals surface area contributed by atoms with Crippen molar-refractivity contribution in [1.82, 2.24) is 4.57 Å². The summed E-state index contributed by atoms with van der Waals surface area (Å²) < 4.78 is 37.5. The Morgan fingerprint density at radius 3 is 2.52 bits per heavy atom. The molecule has 0 saturated heterocycles. The third-order valence-corrected chi connectivity index (χ3v) is 3.84. The number of anilines is 1. The monoisotopic (exact) mass is 331 g/mol. The molecule has 0 spiro atoms. The van der Waals surface area contributed by atoms with Crippen molar-refractivity contribution in [2.24, 2.45) is 12.2 Å². The standard InChI is InChI=1S/C12H11ClFN3O3S/c1-17-6-7(13)4-11(17)12(18)16-10-3-2-8(5-9(10)14)21(15,19)20/h2-6H,1H3,(H,16,18)(H2,15,19,20). The van der Waals surface area contributed by atoms with Gasteiger partial charge in [-0.1, -0.05) is 11.6 Å². The van der Waals surface area contributed by atoms with E-state index in [1.54, 1.807) is 7.05 Å². The van der Waals surface area contributed by atoms with Crippen molar-refractivity contribution in [3.63, 3.8) is 0 Å². The molecule has 0 unspecified atom stereocenters. The molecule has 0 fully saturated rings. The molecule has 0 aliphatic rings. The van der Waals surface area contributed by atoms with E-state index in [9.17, 15) is 17.6 Å². The van der Waals surface area contributed by atoms with E-state index in [-0.39, 0.29) is 16.3 Å². The number of halogens is 2. The van der Waals surface area contributed by atoms with Crippen LogP contribution < -0.4 is 10.5 Å². The Balaban J connectivity index is 2.28. The van der Waals surface area contributed by atoms with E-state index in [0.29, 0.717) is 5.02 Å². The molecular formula is C12H11ClFN3O3S. The fourth-order valence-corrected chi connectivity index (χ4v) is 2.49. The Labute approximate surface area is 125 Å². The molecule has 112 valence electrons. The summed E-state index contributed by atoms with van der Waals surface area (Å²) in [6, 6.07) is 4.39. The topological polar surface area (TPSA) is 94.2 Å². The van der Waals surface area contributed by atoms with Crippen LogP contribution in [0.25, 0.3) is 0 Å². The number of nitrogens with one attached hydrogen (secondary N) is 1. The number of aryl methyl sites for hydroxylation is 1. The second kappa shape index (κ2) is 5.47. The summed E-state index contributed by atoms with van der Waals surface area (Å²) in [7, 11) is -2.39. The van der Waals surface area contributed by atoms with E-state index in [4.69, 9.17) is 16.7 Å². The van der Waals surface area contributed by atoms with Crippen molar-refractivity contribution in [2.75, 3.05) is 5.32 Å². The van der Waals surface area contributed by atoms with Gasteiger partial charge in [0.25, 0.3) is 5.91 Å². The van der Waals surface area contributed by atoms with Gasteiger partial charge in [-0.15, -0.1) is 0 Å². The minimum absolute atomic E-state index is 0.162. The van der Waals surface area contributed by atoms with E-state index in [1.807, 2.05) is 0 Å². The third kappa shape index (κ3) is 3.41. The fraction of sp³-hybridized carbons (Fsp3) is 0.0833. The van der Waals surface area contributed by atoms with Crippen LogP contribution in [0.1, 0.15) is 10.5 Å². The summed E-state index contributed by atoms with van der Waals surface area (Å²) in [5.41, 5.74) is 0.0691. The van der Waals surface area contributed by atoms with Gasteiger partial charge >= 0.3 is 0 Å². The highest BCUT2D eigenvalue weighted by atomic mass is 35.5. The van der Waals surface area contributed by atoms with Crippen LogP contribution in [-0.4, -0.2) is 18.9 Å². The lowest BCUT2D eigenvalue weighted by molar-refractivity contribution is 0.101. The quantitative estimate of drug-likeness (QED) is 0.896. The molecule has 21 heavy (non-hydrogen) atoms. The molecule has 2 aromatic rings. The normalized spacial score (nSPS) is 11.4. The number of nitrogens with zero attached hydrogens (tertiary/aromatic N) is 1. The summed E-state index contributed by atoms with van der Waals surface area (Å²) in [4.78, 5) is 11.6. The SMILES string of the molecule is Cn1cc(Cl)cc1C(=O)Nc1ccc(S(N)(=O)=O)cc1F. The highest BCUT2D eigenvalue weighted by Gasteiger charge is 2.16. The fourth-order valence-electron chi connectivity index (χ4n) is 1.71. The van der Waals surface area contributed by atoms with Crippen molar-refractivity contribution in [3.8, 4) is 0 Å². The molecule has 6 nitrogen and oxygen atoms in total. The molecule has 0 bridgehead atoms. The number of aromatic nitrogens is 1. The van der Waals surface area contributed by atoms with Crippen molar-refractivity contribution in [2.45, 2.75) is 4.90 Å². The molecule has 1 amide bonds. The number of hydrogen-bond donors (Lipinski definition) is 2. The Bertz CT molecular complexity index is 817. The van der Waals surface area contributed by atoms with E-state index < -0.39 is 21.7 Å². The lowest BCUT2D eigenvalue weighted by Gasteiger charge is -2.08. The van der Waals surface area contributed by atoms with Crippen molar-refractivity contribution < 1.29 is 17.6 Å². The van der Waals surface area contributed by atoms with Gasteiger partial charge in [-0.2, -0.15) is 0 Å². The van der Waals surface area contributed by atoms with Gasteiger partial charge in [-0.05, 0) is 24.3 Å². The minimum Gasteiger partial charge on any atom is -0.345 e. The summed E-state index contributed by atoms with van der Waals surface area (Å²) in [6.45, 7) is 0. The average Bonchev–Trinajstić information content (AvgIpc) is 2.69. The van der Waals surface area contributed by atoms with Crippen LogP contribution in [0.2, 0.25) is 5.02 Å². The first-order chi connectivity index (χ1) is 9.68. The second-order valence-electron chi connectivity index (χ2n) is 4.30. The smallest absolute Gasteiger partial charge is 0.272 e. The van der Waals surface area contributed by atoms with Gasteiger partial charge in [0.2, 0.25) is 10.0 Å². The highest BCUT2D eigenvalue weighted by molar-refractivity contribution is 7.89. The first-order valence-electron chi connectivity index (χ1n) is 5.64. The number of nitrogens with two attached hydrogens (primary N) is 1. The molecule has 3 N–H and O–H groups in total. The van der Waals surface area contributed by atoms with Crippen LogP contribution in [0.15, 0.2) is 35.4 Å². The Morgan fingerprint density at radius 1 is 1.38 bits per heavy atom. The molecule has 1 heterocycles.